The molecule has 3 unspecified atom stereocenters. The van der Waals surface area contributed by atoms with Crippen LogP contribution in [0.15, 0.2) is 24.3 Å². The van der Waals surface area contributed by atoms with Gasteiger partial charge in [0, 0.05) is 44.2 Å². The van der Waals surface area contributed by atoms with Gasteiger partial charge in [-0.15, -0.1) is 0 Å². The fourth-order valence-corrected chi connectivity index (χ4v) is 3.44. The van der Waals surface area contributed by atoms with Crippen molar-refractivity contribution < 1.29 is 9.53 Å². The Bertz CT molecular complexity index is 520. The smallest absolute Gasteiger partial charge is 0.238 e. The molecule has 1 saturated heterocycles. The van der Waals surface area contributed by atoms with Gasteiger partial charge in [-0.1, -0.05) is 25.1 Å². The fourth-order valence-electron chi connectivity index (χ4n) is 3.44. The molecular weight excluding hydrogens is 266 g/mol. The molecule has 1 fully saturated rings. The molecule has 0 aliphatic carbocycles. The summed E-state index contributed by atoms with van der Waals surface area (Å²) in [5, 5.41) is 6.11. The normalized spacial score (nSPS) is 29.3. The van der Waals surface area contributed by atoms with E-state index in [4.69, 9.17) is 4.74 Å². The molecule has 3 rings (SSSR count). The van der Waals surface area contributed by atoms with Gasteiger partial charge in [0.1, 0.15) is 11.8 Å². The number of para-hydroxylation sites is 1. The molecule has 0 bridgehead atoms. The zero-order valence-corrected chi connectivity index (χ0v) is 12.6. The van der Waals surface area contributed by atoms with E-state index in [1.165, 1.54) is 5.56 Å². The van der Waals surface area contributed by atoms with Crippen LogP contribution >= 0.6 is 0 Å². The first kappa shape index (κ1) is 14.4. The molecule has 1 aromatic carbocycles. The lowest BCUT2D eigenvalue weighted by atomic mass is 9.89. The number of benzene rings is 1. The molecule has 2 aliphatic heterocycles. The zero-order chi connectivity index (χ0) is 14.8. The molecule has 0 saturated carbocycles. The molecule has 1 aromatic rings. The minimum absolute atomic E-state index is 0.0818. The van der Waals surface area contributed by atoms with Crippen LogP contribution in [0, 0.1) is 5.92 Å². The molecule has 0 aromatic heterocycles. The van der Waals surface area contributed by atoms with E-state index in [0.717, 1.165) is 18.8 Å². The van der Waals surface area contributed by atoms with Crippen LogP contribution in [0.4, 0.5) is 0 Å². The van der Waals surface area contributed by atoms with Crippen LogP contribution in [0.2, 0.25) is 0 Å². The van der Waals surface area contributed by atoms with E-state index < -0.39 is 0 Å². The lowest BCUT2D eigenvalue weighted by molar-refractivity contribution is -0.128. The number of hydrogen-bond acceptors (Lipinski definition) is 4. The van der Waals surface area contributed by atoms with Crippen LogP contribution in [0.1, 0.15) is 18.5 Å². The summed E-state index contributed by atoms with van der Waals surface area (Å²) in [6.45, 7) is 5.39. The number of likely N-dealkylation sites (N-methyl/N-ethyl adjacent to an activating group) is 1. The van der Waals surface area contributed by atoms with Gasteiger partial charge in [-0.05, 0) is 6.07 Å². The number of amides is 1. The van der Waals surface area contributed by atoms with Crippen molar-refractivity contribution in [3.8, 4) is 5.75 Å². The molecule has 0 spiro atoms. The monoisotopic (exact) mass is 289 g/mol. The van der Waals surface area contributed by atoms with Crippen LogP contribution in [-0.2, 0) is 4.79 Å². The van der Waals surface area contributed by atoms with E-state index >= 15 is 0 Å². The molecule has 114 valence electrons. The van der Waals surface area contributed by atoms with Crippen molar-refractivity contribution >= 4 is 5.91 Å². The third-order valence-electron chi connectivity index (χ3n) is 4.47. The number of carbonyl (C=O) groups is 1. The van der Waals surface area contributed by atoms with E-state index in [-0.39, 0.29) is 18.0 Å². The molecule has 0 radical (unpaired) electrons. The highest BCUT2D eigenvalue weighted by molar-refractivity contribution is 5.82. The van der Waals surface area contributed by atoms with E-state index in [1.807, 2.05) is 18.2 Å². The van der Waals surface area contributed by atoms with Crippen molar-refractivity contribution in [1.82, 2.24) is 15.5 Å². The number of rotatable bonds is 2. The maximum absolute atomic E-state index is 12.2. The highest BCUT2D eigenvalue weighted by Gasteiger charge is 2.39. The van der Waals surface area contributed by atoms with Crippen molar-refractivity contribution in [3.63, 3.8) is 0 Å². The van der Waals surface area contributed by atoms with Crippen molar-refractivity contribution in [2.75, 3.05) is 33.3 Å². The summed E-state index contributed by atoms with van der Waals surface area (Å²) >= 11 is 0. The topological polar surface area (TPSA) is 53.6 Å². The number of hydrogen-bond donors (Lipinski definition) is 2. The molecular formula is C16H23N3O2. The van der Waals surface area contributed by atoms with Crippen LogP contribution in [0.3, 0.4) is 0 Å². The summed E-state index contributed by atoms with van der Waals surface area (Å²) in [6.07, 6.45) is 0. The van der Waals surface area contributed by atoms with E-state index in [9.17, 15) is 4.79 Å². The standard InChI is InChI=1S/C16H23N3O2/c1-11-10-21-14-6-4-3-5-12(14)15(11)19-8-7-18-9-13(19)16(20)17-2/h3-6,11,13,15,18H,7-10H2,1-2H3,(H,17,20). The molecule has 5 nitrogen and oxygen atoms in total. The van der Waals surface area contributed by atoms with Gasteiger partial charge in [0.2, 0.25) is 5.91 Å². The van der Waals surface area contributed by atoms with Crippen LogP contribution in [0.25, 0.3) is 0 Å². The Balaban J connectivity index is 1.95. The first-order valence-corrected chi connectivity index (χ1v) is 7.62. The highest BCUT2D eigenvalue weighted by Crippen LogP contribution is 2.40. The van der Waals surface area contributed by atoms with Crippen molar-refractivity contribution in [3.05, 3.63) is 29.8 Å². The van der Waals surface area contributed by atoms with E-state index in [2.05, 4.69) is 28.5 Å². The Morgan fingerprint density at radius 2 is 2.24 bits per heavy atom. The van der Waals surface area contributed by atoms with Gasteiger partial charge < -0.3 is 15.4 Å². The minimum Gasteiger partial charge on any atom is -0.493 e. The minimum atomic E-state index is -0.123. The third kappa shape index (κ3) is 2.63. The summed E-state index contributed by atoms with van der Waals surface area (Å²) < 4.78 is 5.84. The Morgan fingerprint density at radius 3 is 3.05 bits per heavy atom. The molecule has 5 heteroatoms. The van der Waals surface area contributed by atoms with Gasteiger partial charge in [-0.25, -0.2) is 0 Å². The third-order valence-corrected chi connectivity index (χ3v) is 4.47. The first-order chi connectivity index (χ1) is 10.2. The Labute approximate surface area is 125 Å². The summed E-state index contributed by atoms with van der Waals surface area (Å²) in [6, 6.07) is 8.30. The molecule has 3 atom stereocenters. The average Bonchev–Trinajstić information content (AvgIpc) is 2.54. The van der Waals surface area contributed by atoms with Gasteiger partial charge in [0.15, 0.2) is 0 Å². The summed E-state index contributed by atoms with van der Waals surface area (Å²) in [5.41, 5.74) is 1.20. The number of nitrogens with one attached hydrogen (secondary N) is 2. The number of nitrogens with zero attached hydrogens (tertiary/aromatic N) is 1. The summed E-state index contributed by atoms with van der Waals surface area (Å²) in [7, 11) is 1.70. The van der Waals surface area contributed by atoms with Crippen LogP contribution in [-0.4, -0.2) is 50.1 Å². The molecule has 2 aliphatic rings. The predicted octanol–water partition coefficient (Wildman–Crippen LogP) is 0.776. The number of carbonyl (C=O) groups excluding carboxylic acids is 1. The molecule has 2 N–H and O–H groups in total. The number of ether oxygens (including phenoxy) is 1. The zero-order valence-electron chi connectivity index (χ0n) is 12.6. The summed E-state index contributed by atoms with van der Waals surface area (Å²) in [4.78, 5) is 14.5. The van der Waals surface area contributed by atoms with E-state index in [0.29, 0.717) is 19.1 Å². The summed E-state index contributed by atoms with van der Waals surface area (Å²) in [5.74, 6) is 1.40. The van der Waals surface area contributed by atoms with Crippen molar-refractivity contribution in [2.24, 2.45) is 5.92 Å². The first-order valence-electron chi connectivity index (χ1n) is 7.62. The maximum Gasteiger partial charge on any atom is 0.238 e. The lowest BCUT2D eigenvalue weighted by Crippen LogP contribution is -2.59. The average molecular weight is 289 g/mol. The van der Waals surface area contributed by atoms with Gasteiger partial charge in [0.25, 0.3) is 0 Å². The molecule has 1 amide bonds. The fraction of sp³-hybridized carbons (Fsp3) is 0.562. The van der Waals surface area contributed by atoms with Crippen molar-refractivity contribution in [2.45, 2.75) is 19.0 Å². The lowest BCUT2D eigenvalue weighted by Gasteiger charge is -2.45. The van der Waals surface area contributed by atoms with Crippen molar-refractivity contribution in [1.29, 1.82) is 0 Å². The second-order valence-electron chi connectivity index (χ2n) is 5.84. The Morgan fingerprint density at radius 1 is 1.43 bits per heavy atom. The van der Waals surface area contributed by atoms with Gasteiger partial charge in [-0.3, -0.25) is 9.69 Å². The van der Waals surface area contributed by atoms with Gasteiger partial charge in [-0.2, -0.15) is 0 Å². The quantitative estimate of drug-likeness (QED) is 0.845. The Kier molecular flexibility index (Phi) is 4.12. The Hall–Kier alpha value is -1.59. The maximum atomic E-state index is 12.2. The predicted molar refractivity (Wildman–Crippen MR) is 81.3 cm³/mol. The van der Waals surface area contributed by atoms with Crippen LogP contribution < -0.4 is 15.4 Å². The SMILES string of the molecule is CNC(=O)C1CNCCN1C1c2ccccc2OCC1C. The van der Waals surface area contributed by atoms with Gasteiger partial charge >= 0.3 is 0 Å². The second kappa shape index (κ2) is 6.03. The second-order valence-corrected chi connectivity index (χ2v) is 5.84. The van der Waals surface area contributed by atoms with Gasteiger partial charge in [0.05, 0.1) is 6.61 Å². The molecule has 2 heterocycles. The van der Waals surface area contributed by atoms with E-state index in [1.54, 1.807) is 7.05 Å². The van der Waals surface area contributed by atoms with Crippen LogP contribution in [0.5, 0.6) is 5.75 Å². The highest BCUT2D eigenvalue weighted by atomic mass is 16.5. The largest absolute Gasteiger partial charge is 0.493 e. The number of fused-ring (bicyclic) bond motifs is 1. The number of piperazine rings is 1. The molecule has 21 heavy (non-hydrogen) atoms.